The van der Waals surface area contributed by atoms with Crippen LogP contribution >= 0.6 is 0 Å². The van der Waals surface area contributed by atoms with Crippen LogP contribution in [0.5, 0.6) is 0 Å². The van der Waals surface area contributed by atoms with Gasteiger partial charge in [0.1, 0.15) is 0 Å². The number of hydrogen-bond acceptors (Lipinski definition) is 2. The molecule has 1 rings (SSSR count). The van der Waals surface area contributed by atoms with E-state index in [0.717, 1.165) is 0 Å². The molecule has 0 bridgehead atoms. The van der Waals surface area contributed by atoms with Crippen molar-refractivity contribution in [1.29, 1.82) is 0 Å². The number of allylic oxidation sites excluding steroid dienone is 4. The van der Waals surface area contributed by atoms with Crippen LogP contribution in [0.25, 0.3) is 0 Å². The number of hydrogen-bond donors (Lipinski definition) is 0. The third-order valence-electron chi connectivity index (χ3n) is 3.39. The minimum absolute atomic E-state index is 0.0596. The van der Waals surface area contributed by atoms with Gasteiger partial charge in [-0.15, -0.1) is 0 Å². The Hall–Kier alpha value is 0.305. The summed E-state index contributed by atoms with van der Waals surface area (Å²) in [5, 5.41) is 7.48. The van der Waals surface area contributed by atoms with Gasteiger partial charge in [-0.1, -0.05) is 0 Å². The normalized spacial score (nSPS) is 19.5. The van der Waals surface area contributed by atoms with Crippen molar-refractivity contribution in [3.8, 4) is 0 Å². The zero-order valence-corrected chi connectivity index (χ0v) is 16.2. The maximum absolute atomic E-state index is 5.42. The van der Waals surface area contributed by atoms with Gasteiger partial charge >= 0.3 is 118 Å². The van der Waals surface area contributed by atoms with Gasteiger partial charge in [0.25, 0.3) is 0 Å². The van der Waals surface area contributed by atoms with Crippen molar-refractivity contribution in [2.75, 3.05) is 14.2 Å². The fourth-order valence-electron chi connectivity index (χ4n) is 2.33. The van der Waals surface area contributed by atoms with Gasteiger partial charge in [-0.2, -0.15) is 0 Å². The molecule has 1 unspecified atom stereocenters. The van der Waals surface area contributed by atoms with Crippen LogP contribution in [0.15, 0.2) is 21.7 Å². The zero-order valence-electron chi connectivity index (χ0n) is 12.6. The van der Waals surface area contributed by atoms with E-state index in [1.807, 2.05) is 0 Å². The summed E-state index contributed by atoms with van der Waals surface area (Å²) in [6, 6.07) is 0. The van der Waals surface area contributed by atoms with Crippen LogP contribution in [-0.2, 0) is 25.5 Å². The van der Waals surface area contributed by atoms with Crippen LogP contribution in [0.3, 0.4) is 0 Å². The summed E-state index contributed by atoms with van der Waals surface area (Å²) in [6.07, 6.45) is 7.15. The van der Waals surface area contributed by atoms with E-state index in [-0.39, 0.29) is 5.91 Å². The second-order valence-corrected chi connectivity index (χ2v) is 18.8. The first-order chi connectivity index (χ1) is 8.43. The molecule has 0 aliphatic heterocycles. The molecule has 2 nitrogen and oxygen atoms in total. The van der Waals surface area contributed by atoms with E-state index in [0.29, 0.717) is 5.54 Å². The van der Waals surface area contributed by atoms with E-state index in [2.05, 4.69) is 35.0 Å². The molecule has 0 aromatic carbocycles. The molecule has 4 heteroatoms. The Balaban J connectivity index is 2.90. The van der Waals surface area contributed by atoms with Crippen LogP contribution in [-0.4, -0.2) is 29.7 Å². The molecule has 0 heterocycles. The second-order valence-electron chi connectivity index (χ2n) is 5.09. The van der Waals surface area contributed by atoms with Gasteiger partial charge < -0.3 is 0 Å². The number of ether oxygens (including phenoxy) is 2. The minimum atomic E-state index is -1.62. The van der Waals surface area contributed by atoms with E-state index < -0.39 is 25.6 Å². The molecule has 0 aromatic heterocycles. The Kier molecular flexibility index (Phi) is 6.53. The molecular weight excluding hydrogens is 423 g/mol. The SMILES string of the molecule is CCC([SiH2]C(OC)OC)C1=[C]([Pt]([CH3])([CH3])[CH3])CC=C1. The average molecular weight is 452 g/mol. The van der Waals surface area contributed by atoms with Gasteiger partial charge in [-0.25, -0.2) is 0 Å². The topological polar surface area (TPSA) is 18.5 Å². The first-order valence-electron chi connectivity index (χ1n) is 6.25. The third kappa shape index (κ3) is 4.16. The van der Waals surface area contributed by atoms with Crippen LogP contribution in [0.2, 0.25) is 21.5 Å². The van der Waals surface area contributed by atoms with Crippen LogP contribution in [0, 0.1) is 0 Å². The first kappa shape index (κ1) is 16.4. The van der Waals surface area contributed by atoms with Gasteiger partial charge in [0.2, 0.25) is 0 Å². The molecule has 1 aliphatic carbocycles. The molecule has 0 saturated heterocycles. The molecule has 1 aliphatic rings. The maximum atomic E-state index is 5.42. The predicted molar refractivity (Wildman–Crippen MR) is 78.8 cm³/mol. The van der Waals surface area contributed by atoms with Crippen LogP contribution in [0.4, 0.5) is 0 Å². The van der Waals surface area contributed by atoms with E-state index in [1.54, 1.807) is 23.8 Å². The van der Waals surface area contributed by atoms with Crippen LogP contribution in [0.1, 0.15) is 19.8 Å². The van der Waals surface area contributed by atoms with E-state index in [9.17, 15) is 0 Å². The summed E-state index contributed by atoms with van der Waals surface area (Å²) in [6.45, 7) is 2.30. The second kappa shape index (κ2) is 7.18. The summed E-state index contributed by atoms with van der Waals surface area (Å²) in [5.74, 6) is 0.0596. The summed E-state index contributed by atoms with van der Waals surface area (Å²) < 4.78 is 12.6. The van der Waals surface area contributed by atoms with E-state index in [4.69, 9.17) is 9.47 Å². The van der Waals surface area contributed by atoms with Crippen LogP contribution < -0.4 is 0 Å². The summed E-state index contributed by atoms with van der Waals surface area (Å²) in [5.41, 5.74) is 2.36. The Morgan fingerprint density at radius 3 is 2.33 bits per heavy atom. The Bertz CT molecular complexity index is 327. The van der Waals surface area contributed by atoms with Crippen molar-refractivity contribution in [3.63, 3.8) is 0 Å². The Morgan fingerprint density at radius 2 is 1.89 bits per heavy atom. The molecule has 0 spiro atoms. The Morgan fingerprint density at radius 1 is 1.28 bits per heavy atom. The van der Waals surface area contributed by atoms with Crippen molar-refractivity contribution in [2.24, 2.45) is 0 Å². The molecule has 0 amide bonds. The summed E-state index contributed by atoms with van der Waals surface area (Å²) >= 11 is -1.62. The average Bonchev–Trinajstić information content (AvgIpc) is 2.79. The van der Waals surface area contributed by atoms with Crippen molar-refractivity contribution < 1.29 is 25.5 Å². The third-order valence-corrected chi connectivity index (χ3v) is 11.3. The Labute approximate surface area is 118 Å². The standard InChI is InChI=1S/C11H19O2Si.3CH3.Pt/c1-4-10(9-7-5-6-8-9)14-11(12-2)13-3;;;;/h5,7,10-11H,4,6,14H2,1-3H3;3*1H3;. The summed E-state index contributed by atoms with van der Waals surface area (Å²) in [4.78, 5) is 0. The predicted octanol–water partition coefficient (Wildman–Crippen LogP) is 3.44. The van der Waals surface area contributed by atoms with Gasteiger partial charge in [0, 0.05) is 0 Å². The molecule has 0 aromatic rings. The number of rotatable bonds is 7. The first-order valence-corrected chi connectivity index (χ1v) is 15.8. The molecule has 1 atom stereocenters. The van der Waals surface area contributed by atoms with Crippen molar-refractivity contribution in [2.45, 2.75) is 47.2 Å². The summed E-state index contributed by atoms with van der Waals surface area (Å²) in [7, 11) is 3.11. The van der Waals surface area contributed by atoms with E-state index in [1.165, 1.54) is 12.8 Å². The molecule has 0 saturated carbocycles. The van der Waals surface area contributed by atoms with Crippen molar-refractivity contribution in [3.05, 3.63) is 21.7 Å². The molecular formula is C14H28O2PtSi. The fourth-order valence-corrected chi connectivity index (χ4v) is 8.86. The van der Waals surface area contributed by atoms with Gasteiger partial charge in [-0.05, 0) is 0 Å². The van der Waals surface area contributed by atoms with Gasteiger partial charge in [0.05, 0.1) is 0 Å². The molecule has 0 radical (unpaired) electrons. The van der Waals surface area contributed by atoms with E-state index >= 15 is 0 Å². The number of methoxy groups -OCH3 is 2. The zero-order chi connectivity index (χ0) is 13.8. The quantitative estimate of drug-likeness (QED) is 0.436. The van der Waals surface area contributed by atoms with Crippen molar-refractivity contribution in [1.82, 2.24) is 0 Å². The van der Waals surface area contributed by atoms with Crippen molar-refractivity contribution >= 4 is 9.52 Å². The fraction of sp³-hybridized carbons (Fsp3) is 0.714. The van der Waals surface area contributed by atoms with Gasteiger partial charge in [-0.3, -0.25) is 0 Å². The molecule has 110 valence electrons. The molecule has 0 fully saturated rings. The van der Waals surface area contributed by atoms with Gasteiger partial charge in [0.15, 0.2) is 0 Å². The monoisotopic (exact) mass is 451 g/mol. The molecule has 18 heavy (non-hydrogen) atoms. The molecule has 0 N–H and O–H groups in total.